The molecule has 138 valence electrons. The predicted octanol–water partition coefficient (Wildman–Crippen LogP) is 2.76. The van der Waals surface area contributed by atoms with Crippen LogP contribution in [0, 0.1) is 6.92 Å². The van der Waals surface area contributed by atoms with Crippen LogP contribution in [0.1, 0.15) is 37.7 Å². The highest BCUT2D eigenvalue weighted by atomic mass is 19.1. The molecule has 1 aliphatic rings. The summed E-state index contributed by atoms with van der Waals surface area (Å²) in [5.41, 5.74) is 1.12. The van der Waals surface area contributed by atoms with Crippen LogP contribution < -0.4 is 10.2 Å². The summed E-state index contributed by atoms with van der Waals surface area (Å²) >= 11 is 0. The van der Waals surface area contributed by atoms with E-state index in [1.54, 1.807) is 0 Å². The number of amides is 1. The fourth-order valence-electron chi connectivity index (χ4n) is 3.08. The zero-order valence-corrected chi connectivity index (χ0v) is 15.0. The Morgan fingerprint density at radius 1 is 1.32 bits per heavy atom. The van der Waals surface area contributed by atoms with Gasteiger partial charge in [-0.15, -0.1) is 0 Å². The normalized spacial score (nSPS) is 16.4. The summed E-state index contributed by atoms with van der Waals surface area (Å²) in [6.07, 6.45) is 1.87. The van der Waals surface area contributed by atoms with Crippen molar-refractivity contribution in [3.05, 3.63) is 29.8 Å². The summed E-state index contributed by atoms with van der Waals surface area (Å²) in [6, 6.07) is 8.25. The Morgan fingerprint density at radius 2 is 2.04 bits per heavy atom. The number of aryl methyl sites for hydroxylation is 1. The van der Waals surface area contributed by atoms with E-state index in [1.165, 1.54) is 12.6 Å². The Morgan fingerprint density at radius 3 is 2.68 bits per heavy atom. The summed E-state index contributed by atoms with van der Waals surface area (Å²) < 4.78 is 19.7. The minimum Gasteiger partial charge on any atom is -0.456 e. The number of nitrogens with zero attached hydrogens (tertiary/aromatic N) is 1. The third kappa shape index (κ3) is 6.03. The lowest BCUT2D eigenvalue weighted by atomic mass is 9.88. The second-order valence-electron chi connectivity index (χ2n) is 6.66. The maximum absolute atomic E-state index is 14.9. The number of ether oxygens (including phenoxy) is 1. The summed E-state index contributed by atoms with van der Waals surface area (Å²) in [5, 5.41) is 2.37. The molecule has 1 N–H and O–H groups in total. The molecular weight excluding hydrogens is 323 g/mol. The Labute approximate surface area is 148 Å². The van der Waals surface area contributed by atoms with Gasteiger partial charge in [0, 0.05) is 32.2 Å². The maximum atomic E-state index is 14.9. The van der Waals surface area contributed by atoms with Gasteiger partial charge in [-0.25, -0.2) is 4.39 Å². The van der Waals surface area contributed by atoms with Crippen molar-refractivity contribution in [2.75, 3.05) is 31.6 Å². The highest BCUT2D eigenvalue weighted by Gasteiger charge is 2.34. The van der Waals surface area contributed by atoms with E-state index < -0.39 is 11.6 Å². The molecular formula is C19H27FN2O3. The lowest BCUT2D eigenvalue weighted by Gasteiger charge is -2.37. The molecule has 1 heterocycles. The molecule has 25 heavy (non-hydrogen) atoms. The van der Waals surface area contributed by atoms with E-state index in [-0.39, 0.29) is 18.9 Å². The van der Waals surface area contributed by atoms with Crippen molar-refractivity contribution < 1.29 is 18.7 Å². The number of likely N-dealkylation sites (N-methyl/N-ethyl adjacent to an activating group) is 1. The van der Waals surface area contributed by atoms with Crippen molar-refractivity contribution in [2.45, 2.75) is 44.7 Å². The lowest BCUT2D eigenvalue weighted by Crippen LogP contribution is -2.41. The van der Waals surface area contributed by atoms with E-state index in [1.807, 2.05) is 6.07 Å². The molecule has 5 nitrogen and oxygen atoms in total. The monoisotopic (exact) mass is 350 g/mol. The third-order valence-electron chi connectivity index (χ3n) is 4.68. The first kappa shape index (κ1) is 19.2. The Kier molecular flexibility index (Phi) is 6.79. The number of hydrogen-bond donors (Lipinski definition) is 1. The van der Waals surface area contributed by atoms with Gasteiger partial charge in [0.05, 0.1) is 0 Å². The molecule has 1 fully saturated rings. The van der Waals surface area contributed by atoms with Crippen molar-refractivity contribution in [3.8, 4) is 0 Å². The fourth-order valence-corrected chi connectivity index (χ4v) is 3.08. The molecule has 1 saturated heterocycles. The van der Waals surface area contributed by atoms with Crippen molar-refractivity contribution in [2.24, 2.45) is 0 Å². The average Bonchev–Trinajstić information content (AvgIpc) is 2.60. The van der Waals surface area contributed by atoms with E-state index in [4.69, 9.17) is 4.74 Å². The molecule has 0 spiro atoms. The fraction of sp³-hybridized carbons (Fsp3) is 0.579. The highest BCUT2D eigenvalue weighted by Crippen LogP contribution is 2.33. The SMILES string of the molecule is CNC(=O)COC(=O)CCCC1(F)CCN(c2cccc(C)c2)CC1. The van der Waals surface area contributed by atoms with Gasteiger partial charge in [0.1, 0.15) is 5.67 Å². The van der Waals surface area contributed by atoms with Gasteiger partial charge >= 0.3 is 5.97 Å². The van der Waals surface area contributed by atoms with Crippen LogP contribution >= 0.6 is 0 Å². The van der Waals surface area contributed by atoms with Gasteiger partial charge in [-0.2, -0.15) is 0 Å². The number of nitrogens with one attached hydrogen (secondary N) is 1. The Balaban J connectivity index is 1.71. The molecule has 0 aromatic heterocycles. The van der Waals surface area contributed by atoms with E-state index in [0.29, 0.717) is 38.8 Å². The van der Waals surface area contributed by atoms with Crippen LogP contribution in [-0.4, -0.2) is 44.3 Å². The standard InChI is InChI=1S/C19H27FN2O3/c1-15-5-3-6-16(13-15)22-11-9-19(20,10-12-22)8-4-7-18(24)25-14-17(23)21-2/h3,5-6,13H,4,7-12,14H2,1-2H3,(H,21,23). The van der Waals surface area contributed by atoms with Crippen LogP contribution in [0.25, 0.3) is 0 Å². The largest absolute Gasteiger partial charge is 0.456 e. The van der Waals surface area contributed by atoms with E-state index in [0.717, 1.165) is 5.69 Å². The van der Waals surface area contributed by atoms with Gasteiger partial charge in [-0.05, 0) is 50.3 Å². The number of benzene rings is 1. The number of halogens is 1. The van der Waals surface area contributed by atoms with Crippen molar-refractivity contribution >= 4 is 17.6 Å². The molecule has 1 aliphatic heterocycles. The zero-order chi connectivity index (χ0) is 18.3. The van der Waals surface area contributed by atoms with E-state index in [2.05, 4.69) is 35.3 Å². The molecule has 0 atom stereocenters. The molecule has 0 bridgehead atoms. The molecule has 1 aromatic carbocycles. The highest BCUT2D eigenvalue weighted by molar-refractivity contribution is 5.80. The number of piperidine rings is 1. The molecule has 0 unspecified atom stereocenters. The van der Waals surface area contributed by atoms with Crippen LogP contribution in [0.15, 0.2) is 24.3 Å². The molecule has 0 saturated carbocycles. The van der Waals surface area contributed by atoms with Gasteiger partial charge in [0.2, 0.25) is 0 Å². The van der Waals surface area contributed by atoms with Crippen molar-refractivity contribution in [1.29, 1.82) is 0 Å². The number of carbonyl (C=O) groups is 2. The Bertz CT molecular complexity index is 598. The number of esters is 1. The van der Waals surface area contributed by atoms with Crippen LogP contribution in [0.2, 0.25) is 0 Å². The molecule has 1 aromatic rings. The third-order valence-corrected chi connectivity index (χ3v) is 4.68. The maximum Gasteiger partial charge on any atom is 0.306 e. The summed E-state index contributed by atoms with van der Waals surface area (Å²) in [5.74, 6) is -0.803. The van der Waals surface area contributed by atoms with Crippen molar-refractivity contribution in [1.82, 2.24) is 5.32 Å². The number of alkyl halides is 1. The number of anilines is 1. The lowest BCUT2D eigenvalue weighted by molar-refractivity contribution is -0.148. The molecule has 1 amide bonds. The van der Waals surface area contributed by atoms with E-state index >= 15 is 0 Å². The minimum atomic E-state index is -1.22. The quantitative estimate of drug-likeness (QED) is 0.768. The number of carbonyl (C=O) groups excluding carboxylic acids is 2. The molecule has 2 rings (SSSR count). The molecule has 0 radical (unpaired) electrons. The van der Waals surface area contributed by atoms with Gasteiger partial charge in [0.15, 0.2) is 6.61 Å². The second-order valence-corrected chi connectivity index (χ2v) is 6.66. The van der Waals surface area contributed by atoms with Gasteiger partial charge in [-0.3, -0.25) is 9.59 Å². The van der Waals surface area contributed by atoms with E-state index in [9.17, 15) is 14.0 Å². The Hall–Kier alpha value is -2.11. The predicted molar refractivity (Wildman–Crippen MR) is 95.3 cm³/mol. The van der Waals surface area contributed by atoms with Crippen LogP contribution in [0.3, 0.4) is 0 Å². The van der Waals surface area contributed by atoms with Crippen molar-refractivity contribution in [3.63, 3.8) is 0 Å². The molecule has 0 aliphatic carbocycles. The zero-order valence-electron chi connectivity index (χ0n) is 15.0. The smallest absolute Gasteiger partial charge is 0.306 e. The number of rotatable bonds is 7. The molecule has 6 heteroatoms. The first-order valence-corrected chi connectivity index (χ1v) is 8.79. The number of hydrogen-bond acceptors (Lipinski definition) is 4. The van der Waals surface area contributed by atoms with Crippen LogP contribution in [0.4, 0.5) is 10.1 Å². The van der Waals surface area contributed by atoms with Crippen LogP contribution in [-0.2, 0) is 14.3 Å². The van der Waals surface area contributed by atoms with Crippen LogP contribution in [0.5, 0.6) is 0 Å². The minimum absolute atomic E-state index is 0.143. The topological polar surface area (TPSA) is 58.6 Å². The van der Waals surface area contributed by atoms with Gasteiger partial charge in [-0.1, -0.05) is 12.1 Å². The summed E-state index contributed by atoms with van der Waals surface area (Å²) in [7, 11) is 1.48. The second kappa shape index (κ2) is 8.83. The van der Waals surface area contributed by atoms with Gasteiger partial charge < -0.3 is 15.0 Å². The summed E-state index contributed by atoms with van der Waals surface area (Å²) in [6.45, 7) is 3.14. The average molecular weight is 350 g/mol. The first-order valence-electron chi connectivity index (χ1n) is 8.79. The summed E-state index contributed by atoms with van der Waals surface area (Å²) in [4.78, 5) is 24.8. The van der Waals surface area contributed by atoms with Gasteiger partial charge in [0.25, 0.3) is 5.91 Å². The first-order chi connectivity index (χ1) is 11.9.